The first-order valence-electron chi connectivity index (χ1n) is 6.80. The van der Waals surface area contributed by atoms with Gasteiger partial charge in [-0.05, 0) is 39.0 Å². The van der Waals surface area contributed by atoms with Gasteiger partial charge in [-0.15, -0.1) is 0 Å². The van der Waals surface area contributed by atoms with Crippen LogP contribution < -0.4 is 0 Å². The normalized spacial score (nSPS) is 36.8. The molecule has 0 aromatic heterocycles. The van der Waals surface area contributed by atoms with E-state index in [9.17, 15) is 4.79 Å². The molecule has 2 atom stereocenters. The van der Waals surface area contributed by atoms with E-state index in [-0.39, 0.29) is 6.09 Å². The van der Waals surface area contributed by atoms with E-state index in [1.807, 2.05) is 11.8 Å². The molecule has 2 unspecified atom stereocenters. The summed E-state index contributed by atoms with van der Waals surface area (Å²) >= 11 is 0. The number of fused-ring (bicyclic) bond motifs is 2. The third kappa shape index (κ3) is 1.92. The minimum atomic E-state index is -0.0892. The first-order valence-corrected chi connectivity index (χ1v) is 6.80. The van der Waals surface area contributed by atoms with Gasteiger partial charge in [-0.2, -0.15) is 0 Å². The average molecular weight is 237 g/mol. The van der Waals surface area contributed by atoms with Gasteiger partial charge in [0.25, 0.3) is 0 Å². The number of hydrogen-bond acceptors (Lipinski definition) is 3. The van der Waals surface area contributed by atoms with Crippen LogP contribution >= 0.6 is 0 Å². The van der Waals surface area contributed by atoms with Crippen molar-refractivity contribution >= 4 is 6.09 Å². The van der Waals surface area contributed by atoms with Crippen molar-refractivity contribution in [2.75, 3.05) is 19.7 Å². The Hall–Kier alpha value is -0.770. The highest BCUT2D eigenvalue weighted by atomic mass is 16.6. The molecule has 0 spiro atoms. The maximum Gasteiger partial charge on any atom is 0.410 e. The van der Waals surface area contributed by atoms with Crippen molar-refractivity contribution in [2.24, 2.45) is 0 Å². The van der Waals surface area contributed by atoms with Crippen LogP contribution in [0, 0.1) is 6.42 Å². The number of ether oxygens (including phenoxy) is 1. The van der Waals surface area contributed by atoms with E-state index in [0.29, 0.717) is 24.7 Å². The van der Waals surface area contributed by atoms with Crippen LogP contribution in [-0.2, 0) is 4.74 Å². The standard InChI is InChI=1S/C13H21N2O2/c1-2-17-13(16)15-10-4-5-11(15)9-12(8-10)14-6-3-7-14/h3,10-12H,2,4-9H2,1H3. The number of carbonyl (C=O) groups is 1. The molecule has 1 amide bonds. The van der Waals surface area contributed by atoms with E-state index in [0.717, 1.165) is 38.8 Å². The second-order valence-electron chi connectivity index (χ2n) is 5.36. The Morgan fingerprint density at radius 1 is 1.24 bits per heavy atom. The van der Waals surface area contributed by atoms with Crippen LogP contribution in [0.5, 0.6) is 0 Å². The summed E-state index contributed by atoms with van der Waals surface area (Å²) in [5, 5.41) is 0. The molecule has 0 N–H and O–H groups in total. The minimum absolute atomic E-state index is 0.0892. The second-order valence-corrected chi connectivity index (χ2v) is 5.36. The highest BCUT2D eigenvalue weighted by molar-refractivity contribution is 5.69. The van der Waals surface area contributed by atoms with Gasteiger partial charge in [0.05, 0.1) is 6.61 Å². The fourth-order valence-corrected chi connectivity index (χ4v) is 3.52. The first-order chi connectivity index (χ1) is 8.29. The van der Waals surface area contributed by atoms with Crippen LogP contribution in [-0.4, -0.2) is 53.7 Å². The van der Waals surface area contributed by atoms with Crippen molar-refractivity contribution < 1.29 is 9.53 Å². The van der Waals surface area contributed by atoms with E-state index >= 15 is 0 Å². The number of rotatable bonds is 2. The fourth-order valence-electron chi connectivity index (χ4n) is 3.52. The highest BCUT2D eigenvalue weighted by Gasteiger charge is 2.45. The Balaban J connectivity index is 1.65. The third-order valence-electron chi connectivity index (χ3n) is 4.43. The zero-order chi connectivity index (χ0) is 11.8. The topological polar surface area (TPSA) is 32.8 Å². The van der Waals surface area contributed by atoms with Gasteiger partial charge in [-0.25, -0.2) is 4.79 Å². The first kappa shape index (κ1) is 11.3. The molecule has 3 rings (SSSR count). The highest BCUT2D eigenvalue weighted by Crippen LogP contribution is 2.38. The van der Waals surface area contributed by atoms with Gasteiger partial charge >= 0.3 is 6.09 Å². The van der Waals surface area contributed by atoms with Crippen molar-refractivity contribution in [3.8, 4) is 0 Å². The molecule has 2 bridgehead atoms. The van der Waals surface area contributed by atoms with Crippen LogP contribution in [0.15, 0.2) is 0 Å². The number of carbonyl (C=O) groups excluding carboxylic acids is 1. The Labute approximate surface area is 103 Å². The smallest absolute Gasteiger partial charge is 0.410 e. The van der Waals surface area contributed by atoms with Gasteiger partial charge in [0.15, 0.2) is 0 Å². The lowest BCUT2D eigenvalue weighted by Crippen LogP contribution is -2.55. The predicted octanol–water partition coefficient (Wildman–Crippen LogP) is 1.66. The molecule has 0 saturated carbocycles. The molecule has 0 aliphatic carbocycles. The molecule has 3 heterocycles. The summed E-state index contributed by atoms with van der Waals surface area (Å²) < 4.78 is 5.17. The summed E-state index contributed by atoms with van der Waals surface area (Å²) in [5.41, 5.74) is 0. The van der Waals surface area contributed by atoms with Gasteiger partial charge in [0, 0.05) is 31.2 Å². The molecule has 4 nitrogen and oxygen atoms in total. The Morgan fingerprint density at radius 2 is 1.88 bits per heavy atom. The van der Waals surface area contributed by atoms with Crippen LogP contribution in [0.2, 0.25) is 0 Å². The van der Waals surface area contributed by atoms with Gasteiger partial charge in [0.2, 0.25) is 0 Å². The molecule has 3 saturated heterocycles. The molecule has 95 valence electrons. The van der Waals surface area contributed by atoms with E-state index in [1.54, 1.807) is 0 Å². The molecule has 4 heteroatoms. The van der Waals surface area contributed by atoms with Crippen LogP contribution in [0.3, 0.4) is 0 Å². The Kier molecular flexibility index (Phi) is 2.99. The minimum Gasteiger partial charge on any atom is -0.450 e. The van der Waals surface area contributed by atoms with Crippen LogP contribution in [0.1, 0.15) is 32.6 Å². The van der Waals surface area contributed by atoms with E-state index in [1.165, 1.54) is 0 Å². The molecule has 0 aromatic carbocycles. The SMILES string of the molecule is CCOC(=O)N1C2CCC1CC(N1C[CH]C1)C2. The van der Waals surface area contributed by atoms with Crippen molar-refractivity contribution in [1.29, 1.82) is 0 Å². The van der Waals surface area contributed by atoms with Crippen LogP contribution in [0.25, 0.3) is 0 Å². The molecule has 0 aromatic rings. The van der Waals surface area contributed by atoms with Gasteiger partial charge < -0.3 is 9.64 Å². The van der Waals surface area contributed by atoms with Crippen molar-refractivity contribution in [1.82, 2.24) is 9.80 Å². The number of amides is 1. The zero-order valence-electron chi connectivity index (χ0n) is 10.5. The quantitative estimate of drug-likeness (QED) is 0.732. The van der Waals surface area contributed by atoms with Gasteiger partial charge in [-0.1, -0.05) is 0 Å². The third-order valence-corrected chi connectivity index (χ3v) is 4.43. The van der Waals surface area contributed by atoms with E-state index in [4.69, 9.17) is 4.74 Å². The Bertz CT molecular complexity index is 290. The van der Waals surface area contributed by atoms with Crippen molar-refractivity contribution in [3.05, 3.63) is 6.42 Å². The summed E-state index contributed by atoms with van der Waals surface area (Å²) in [6.07, 6.45) is 6.84. The molecule has 17 heavy (non-hydrogen) atoms. The monoisotopic (exact) mass is 237 g/mol. The van der Waals surface area contributed by atoms with Crippen LogP contribution in [0.4, 0.5) is 4.79 Å². The molecule has 3 aliphatic heterocycles. The lowest BCUT2D eigenvalue weighted by atomic mass is 9.94. The lowest BCUT2D eigenvalue weighted by molar-refractivity contribution is 0.0348. The molecular weight excluding hydrogens is 216 g/mol. The number of hydrogen-bond donors (Lipinski definition) is 0. The van der Waals surface area contributed by atoms with Gasteiger partial charge in [0.1, 0.15) is 0 Å². The fraction of sp³-hybridized carbons (Fsp3) is 0.846. The van der Waals surface area contributed by atoms with E-state index in [2.05, 4.69) is 11.3 Å². The van der Waals surface area contributed by atoms with Gasteiger partial charge in [-0.3, -0.25) is 4.90 Å². The largest absolute Gasteiger partial charge is 0.450 e. The number of likely N-dealkylation sites (tertiary alicyclic amines) is 1. The van der Waals surface area contributed by atoms with Crippen molar-refractivity contribution in [3.63, 3.8) is 0 Å². The maximum atomic E-state index is 11.9. The maximum absolute atomic E-state index is 11.9. The average Bonchev–Trinajstić information content (AvgIpc) is 2.49. The molecule has 3 aliphatic rings. The van der Waals surface area contributed by atoms with Crippen molar-refractivity contribution in [2.45, 2.75) is 50.7 Å². The predicted molar refractivity (Wildman–Crippen MR) is 64.6 cm³/mol. The second kappa shape index (κ2) is 4.48. The number of piperidine rings is 1. The lowest BCUT2D eigenvalue weighted by Gasteiger charge is -2.45. The summed E-state index contributed by atoms with van der Waals surface area (Å²) in [6.45, 7) is 4.65. The molecular formula is C13H21N2O2. The van der Waals surface area contributed by atoms with E-state index < -0.39 is 0 Å². The summed E-state index contributed by atoms with van der Waals surface area (Å²) in [6, 6.07) is 1.56. The summed E-state index contributed by atoms with van der Waals surface area (Å²) in [4.78, 5) is 16.5. The zero-order valence-corrected chi connectivity index (χ0v) is 10.5. The summed E-state index contributed by atoms with van der Waals surface area (Å²) in [7, 11) is 0. The molecule has 3 fully saturated rings. The summed E-state index contributed by atoms with van der Waals surface area (Å²) in [5.74, 6) is 0. The number of nitrogens with zero attached hydrogens (tertiary/aromatic N) is 2. The Morgan fingerprint density at radius 3 is 2.35 bits per heavy atom. The molecule has 1 radical (unpaired) electrons.